The van der Waals surface area contributed by atoms with Crippen molar-refractivity contribution in [3.63, 3.8) is 0 Å². The SMILES string of the molecule is CN(C)CCNC(=O)OCC1=CS[C@@H]2C(NC(=O)Cc3ccccc3)C(=O)N2C1C(=O)OC(c1ccccc1)c1ccccc1. The topological polar surface area (TPSA) is 117 Å². The van der Waals surface area contributed by atoms with Crippen LogP contribution in [-0.2, 0) is 30.3 Å². The summed E-state index contributed by atoms with van der Waals surface area (Å²) in [6, 6.07) is 26.0. The van der Waals surface area contributed by atoms with Gasteiger partial charge in [0.05, 0.1) is 6.42 Å². The molecule has 5 rings (SSSR count). The average molecular weight is 629 g/mol. The third kappa shape index (κ3) is 7.92. The van der Waals surface area contributed by atoms with Gasteiger partial charge < -0.3 is 29.9 Å². The van der Waals surface area contributed by atoms with Gasteiger partial charge >= 0.3 is 12.1 Å². The molecule has 0 aromatic heterocycles. The number of nitrogens with one attached hydrogen (secondary N) is 2. The van der Waals surface area contributed by atoms with E-state index in [4.69, 9.17) is 9.47 Å². The zero-order valence-corrected chi connectivity index (χ0v) is 25.9. The zero-order valence-electron chi connectivity index (χ0n) is 25.1. The summed E-state index contributed by atoms with van der Waals surface area (Å²) in [5.41, 5.74) is 2.77. The first kappa shape index (κ1) is 31.8. The molecule has 3 aromatic carbocycles. The van der Waals surface area contributed by atoms with Crippen molar-refractivity contribution >= 4 is 35.6 Å². The minimum atomic E-state index is -1.14. The van der Waals surface area contributed by atoms with E-state index in [0.717, 1.165) is 16.7 Å². The molecule has 10 nitrogen and oxygen atoms in total. The number of β-lactam (4-membered cyclic amide) rings is 1. The minimum Gasteiger partial charge on any atom is -0.451 e. The van der Waals surface area contributed by atoms with E-state index < -0.39 is 41.5 Å². The highest BCUT2D eigenvalue weighted by molar-refractivity contribution is 8.03. The Balaban J connectivity index is 1.35. The summed E-state index contributed by atoms with van der Waals surface area (Å²) >= 11 is 1.29. The summed E-state index contributed by atoms with van der Waals surface area (Å²) in [6.45, 7) is 0.797. The molecule has 3 aromatic rings. The lowest BCUT2D eigenvalue weighted by Gasteiger charge is -2.51. The molecule has 2 aliphatic rings. The van der Waals surface area contributed by atoms with Crippen LogP contribution < -0.4 is 10.6 Å². The van der Waals surface area contributed by atoms with Crippen molar-refractivity contribution in [2.45, 2.75) is 30.0 Å². The van der Waals surface area contributed by atoms with Gasteiger partial charge in [-0.25, -0.2) is 9.59 Å². The van der Waals surface area contributed by atoms with Crippen LogP contribution >= 0.6 is 11.8 Å². The summed E-state index contributed by atoms with van der Waals surface area (Å²) in [5.74, 6) is -1.36. The van der Waals surface area contributed by atoms with Gasteiger partial charge in [0.1, 0.15) is 18.0 Å². The third-order valence-corrected chi connectivity index (χ3v) is 8.67. The Hall–Kier alpha value is -4.61. The molecule has 0 saturated carbocycles. The summed E-state index contributed by atoms with van der Waals surface area (Å²) in [5, 5.41) is 6.71. The van der Waals surface area contributed by atoms with Crippen molar-refractivity contribution in [2.75, 3.05) is 33.8 Å². The molecule has 2 unspecified atom stereocenters. The van der Waals surface area contributed by atoms with E-state index in [9.17, 15) is 19.2 Å². The molecule has 3 atom stereocenters. The Morgan fingerprint density at radius 2 is 1.51 bits per heavy atom. The Kier molecular flexibility index (Phi) is 10.5. The van der Waals surface area contributed by atoms with Crippen LogP contribution in [0.2, 0.25) is 0 Å². The van der Waals surface area contributed by atoms with Gasteiger partial charge in [-0.2, -0.15) is 0 Å². The number of thioether (sulfide) groups is 1. The lowest BCUT2D eigenvalue weighted by molar-refractivity contribution is -0.165. The van der Waals surface area contributed by atoms with Crippen molar-refractivity contribution in [3.8, 4) is 0 Å². The molecule has 2 aliphatic heterocycles. The standard InChI is InChI=1S/C34H36N4O6S/c1-37(2)19-18-35-34(42)43-21-26-22-45-32-28(36-27(39)20-23-12-6-3-7-13-23)31(40)38(32)29(26)33(41)44-30(24-14-8-4-9-15-24)25-16-10-5-11-17-25/h3-17,22,28-30,32H,18-21H2,1-2H3,(H,35,42)(H,36,39)/t28?,29?,32-/m1/s1. The summed E-state index contributed by atoms with van der Waals surface area (Å²) in [7, 11) is 3.78. The van der Waals surface area contributed by atoms with Gasteiger partial charge in [-0.15, -0.1) is 11.8 Å². The number of benzene rings is 3. The molecule has 0 radical (unpaired) electrons. The molecule has 1 fully saturated rings. The second kappa shape index (κ2) is 14.9. The van der Waals surface area contributed by atoms with E-state index in [1.807, 2.05) is 110 Å². The molecule has 2 heterocycles. The summed E-state index contributed by atoms with van der Waals surface area (Å²) < 4.78 is 11.6. The first-order chi connectivity index (χ1) is 21.8. The predicted molar refractivity (Wildman–Crippen MR) is 171 cm³/mol. The van der Waals surface area contributed by atoms with Crippen molar-refractivity contribution in [2.24, 2.45) is 0 Å². The smallest absolute Gasteiger partial charge is 0.407 e. The Bertz CT molecular complexity index is 1480. The maximum Gasteiger partial charge on any atom is 0.407 e. The van der Waals surface area contributed by atoms with Crippen LogP contribution in [0.4, 0.5) is 4.79 Å². The lowest BCUT2D eigenvalue weighted by Crippen LogP contribution is -2.74. The first-order valence-corrected chi connectivity index (χ1v) is 15.6. The average Bonchev–Trinajstić information content (AvgIpc) is 3.05. The van der Waals surface area contributed by atoms with Crippen LogP contribution in [0.5, 0.6) is 0 Å². The van der Waals surface area contributed by atoms with Crippen molar-refractivity contribution in [3.05, 3.63) is 119 Å². The number of carbonyl (C=O) groups is 4. The van der Waals surface area contributed by atoms with Crippen LogP contribution in [0.1, 0.15) is 22.8 Å². The van der Waals surface area contributed by atoms with Gasteiger partial charge in [-0.05, 0) is 36.2 Å². The van der Waals surface area contributed by atoms with Crippen molar-refractivity contribution < 1.29 is 28.7 Å². The number of ether oxygens (including phenoxy) is 2. The summed E-state index contributed by atoms with van der Waals surface area (Å²) in [4.78, 5) is 56.2. The van der Waals surface area contributed by atoms with Gasteiger partial charge in [0, 0.05) is 18.7 Å². The molecular formula is C34H36N4O6S. The lowest BCUT2D eigenvalue weighted by atomic mass is 9.97. The van der Waals surface area contributed by atoms with E-state index in [2.05, 4.69) is 10.6 Å². The van der Waals surface area contributed by atoms with Crippen molar-refractivity contribution in [1.82, 2.24) is 20.4 Å². The fourth-order valence-corrected chi connectivity index (χ4v) is 6.38. The maximum absolute atomic E-state index is 14.0. The van der Waals surface area contributed by atoms with E-state index in [-0.39, 0.29) is 18.9 Å². The number of esters is 1. The van der Waals surface area contributed by atoms with Gasteiger partial charge in [-0.3, -0.25) is 9.59 Å². The highest BCUT2D eigenvalue weighted by Gasteiger charge is 2.56. The number of alkyl carbamates (subject to hydrolysis) is 1. The van der Waals surface area contributed by atoms with Gasteiger partial charge in [-0.1, -0.05) is 91.0 Å². The van der Waals surface area contributed by atoms with E-state index in [1.165, 1.54) is 16.7 Å². The first-order valence-electron chi connectivity index (χ1n) is 14.7. The number of rotatable bonds is 12. The molecule has 1 saturated heterocycles. The molecule has 3 amide bonds. The molecule has 0 aliphatic carbocycles. The molecule has 0 bridgehead atoms. The number of nitrogens with zero attached hydrogens (tertiary/aromatic N) is 2. The molecule has 0 spiro atoms. The van der Waals surface area contributed by atoms with Crippen LogP contribution in [0.3, 0.4) is 0 Å². The Morgan fingerprint density at radius 1 is 0.911 bits per heavy atom. The normalized spacial score (nSPS) is 18.8. The Morgan fingerprint density at radius 3 is 2.11 bits per heavy atom. The number of likely N-dealkylation sites (N-methyl/N-ethyl adjacent to an activating group) is 1. The number of amides is 3. The van der Waals surface area contributed by atoms with E-state index in [1.54, 1.807) is 5.41 Å². The molecule has 11 heteroatoms. The number of carbonyl (C=O) groups excluding carboxylic acids is 4. The minimum absolute atomic E-state index is 0.126. The van der Waals surface area contributed by atoms with E-state index in [0.29, 0.717) is 18.7 Å². The van der Waals surface area contributed by atoms with Crippen LogP contribution in [0.15, 0.2) is 102 Å². The third-order valence-electron chi connectivity index (χ3n) is 7.45. The molecule has 45 heavy (non-hydrogen) atoms. The number of hydrogen-bond acceptors (Lipinski definition) is 8. The molecule has 2 N–H and O–H groups in total. The number of hydrogen-bond donors (Lipinski definition) is 2. The van der Waals surface area contributed by atoms with Crippen LogP contribution in [0.25, 0.3) is 0 Å². The zero-order chi connectivity index (χ0) is 31.8. The molecule has 234 valence electrons. The summed E-state index contributed by atoms with van der Waals surface area (Å²) in [6.07, 6.45) is -1.24. The highest BCUT2D eigenvalue weighted by atomic mass is 32.2. The van der Waals surface area contributed by atoms with Crippen LogP contribution in [0, 0.1) is 0 Å². The molecular weight excluding hydrogens is 592 g/mol. The monoisotopic (exact) mass is 628 g/mol. The highest BCUT2D eigenvalue weighted by Crippen LogP contribution is 2.41. The maximum atomic E-state index is 14.0. The van der Waals surface area contributed by atoms with Crippen LogP contribution in [-0.4, -0.2) is 84.9 Å². The fraction of sp³-hybridized carbons (Fsp3) is 0.294. The quantitative estimate of drug-likeness (QED) is 0.231. The fourth-order valence-electron chi connectivity index (χ4n) is 5.17. The Labute approximate surface area is 266 Å². The number of fused-ring (bicyclic) bond motifs is 1. The van der Waals surface area contributed by atoms with Gasteiger partial charge in [0.2, 0.25) is 11.8 Å². The largest absolute Gasteiger partial charge is 0.451 e. The second-order valence-electron chi connectivity index (χ2n) is 11.0. The second-order valence-corrected chi connectivity index (χ2v) is 12.0. The van der Waals surface area contributed by atoms with E-state index >= 15 is 0 Å². The van der Waals surface area contributed by atoms with Crippen molar-refractivity contribution in [1.29, 1.82) is 0 Å². The van der Waals surface area contributed by atoms with Gasteiger partial charge in [0.25, 0.3) is 0 Å². The predicted octanol–water partition coefficient (Wildman–Crippen LogP) is 3.50. The van der Waals surface area contributed by atoms with Gasteiger partial charge in [0.15, 0.2) is 12.1 Å².